The molecule has 2 rings (SSSR count). The van der Waals surface area contributed by atoms with Gasteiger partial charge in [0.15, 0.2) is 5.75 Å². The molecule has 0 saturated carbocycles. The van der Waals surface area contributed by atoms with Crippen molar-refractivity contribution < 1.29 is 24.6 Å². The molecule has 0 spiro atoms. The van der Waals surface area contributed by atoms with E-state index in [4.69, 9.17) is 5.11 Å². The molecule has 0 unspecified atom stereocenters. The van der Waals surface area contributed by atoms with E-state index >= 15 is 0 Å². The molecule has 0 aromatic heterocycles. The van der Waals surface area contributed by atoms with Crippen LogP contribution < -0.4 is 4.90 Å². The Labute approximate surface area is 115 Å². The first-order valence-electron chi connectivity index (χ1n) is 5.04. The van der Waals surface area contributed by atoms with E-state index in [0.29, 0.717) is 3.57 Å². The number of carboxylic acid groups (broad SMARTS) is 1. The highest BCUT2D eigenvalue weighted by molar-refractivity contribution is 14.1. The van der Waals surface area contributed by atoms with Crippen molar-refractivity contribution >= 4 is 46.1 Å². The van der Waals surface area contributed by atoms with Crippen LogP contribution in [0.4, 0.5) is 5.69 Å². The lowest BCUT2D eigenvalue weighted by Crippen LogP contribution is -2.30. The van der Waals surface area contributed by atoms with Gasteiger partial charge in [0.05, 0.1) is 9.13 Å². The van der Waals surface area contributed by atoms with Gasteiger partial charge < -0.3 is 10.2 Å². The Morgan fingerprint density at radius 2 is 1.78 bits per heavy atom. The molecular weight excluding hydrogens is 353 g/mol. The average Bonchev–Trinajstić information content (AvgIpc) is 2.62. The molecule has 6 nitrogen and oxygen atoms in total. The minimum atomic E-state index is -1.30. The summed E-state index contributed by atoms with van der Waals surface area (Å²) in [6.45, 7) is 0. The molecule has 1 aromatic carbocycles. The Morgan fingerprint density at radius 1 is 1.22 bits per heavy atom. The number of carboxylic acids is 1. The second-order valence-electron chi connectivity index (χ2n) is 3.72. The van der Waals surface area contributed by atoms with Gasteiger partial charge in [0.1, 0.15) is 5.69 Å². The Bertz CT molecular complexity index is 553. The number of aromatic carboxylic acids is 1. The summed E-state index contributed by atoms with van der Waals surface area (Å²) in [6, 6.07) is 2.67. The zero-order chi connectivity index (χ0) is 13.4. The number of imide groups is 1. The Balaban J connectivity index is 2.68. The van der Waals surface area contributed by atoms with Crippen LogP contribution in [0.2, 0.25) is 0 Å². The predicted octanol–water partition coefficient (Wildman–Crippen LogP) is 1.35. The van der Waals surface area contributed by atoms with E-state index in [0.717, 1.165) is 4.90 Å². The summed E-state index contributed by atoms with van der Waals surface area (Å²) in [5.74, 6) is -2.66. The van der Waals surface area contributed by atoms with Gasteiger partial charge in [-0.3, -0.25) is 9.59 Å². The van der Waals surface area contributed by atoms with Crippen LogP contribution in [-0.2, 0) is 9.59 Å². The van der Waals surface area contributed by atoms with Crippen molar-refractivity contribution in [2.75, 3.05) is 4.90 Å². The van der Waals surface area contributed by atoms with Crippen LogP contribution in [0.15, 0.2) is 12.1 Å². The fraction of sp³-hybridized carbons (Fsp3) is 0.182. The van der Waals surface area contributed by atoms with E-state index in [1.165, 1.54) is 12.1 Å². The van der Waals surface area contributed by atoms with E-state index < -0.39 is 17.8 Å². The lowest BCUT2D eigenvalue weighted by molar-refractivity contribution is -0.121. The molecule has 7 heteroatoms. The molecule has 2 amide bonds. The van der Waals surface area contributed by atoms with Crippen LogP contribution in [-0.4, -0.2) is 28.0 Å². The van der Waals surface area contributed by atoms with E-state index in [1.807, 2.05) is 0 Å². The number of phenolic OH excluding ortho intramolecular Hbond substituents is 1. The van der Waals surface area contributed by atoms with Gasteiger partial charge in [-0.25, -0.2) is 9.69 Å². The number of carbonyl (C=O) groups is 3. The Kier molecular flexibility index (Phi) is 3.24. The second kappa shape index (κ2) is 4.56. The van der Waals surface area contributed by atoms with Gasteiger partial charge in [0, 0.05) is 12.8 Å². The predicted molar refractivity (Wildman–Crippen MR) is 69.5 cm³/mol. The third-order valence-corrected chi connectivity index (χ3v) is 3.48. The van der Waals surface area contributed by atoms with Crippen LogP contribution in [0.25, 0.3) is 0 Å². The number of aromatic hydroxyl groups is 1. The number of carbonyl (C=O) groups excluding carboxylic acids is 2. The number of phenols is 1. The standard InChI is InChI=1S/C11H8INO5/c12-6-2-1-5(11(17)18)9(10(6)16)13-7(14)3-4-8(13)15/h1-2,16H,3-4H2,(H,17,18). The fourth-order valence-corrected chi connectivity index (χ4v) is 2.22. The molecule has 2 N–H and O–H groups in total. The first-order chi connectivity index (χ1) is 8.43. The minimum Gasteiger partial charge on any atom is -0.505 e. The number of hydrogen-bond donors (Lipinski definition) is 2. The molecule has 0 radical (unpaired) electrons. The normalized spacial score (nSPS) is 15.3. The highest BCUT2D eigenvalue weighted by Gasteiger charge is 2.35. The second-order valence-corrected chi connectivity index (χ2v) is 4.88. The van der Waals surface area contributed by atoms with E-state index in [1.54, 1.807) is 22.6 Å². The number of amides is 2. The fourth-order valence-electron chi connectivity index (χ4n) is 1.78. The van der Waals surface area contributed by atoms with Gasteiger partial charge in [0.25, 0.3) is 0 Å². The molecule has 0 aliphatic carbocycles. The first-order valence-corrected chi connectivity index (χ1v) is 6.12. The summed E-state index contributed by atoms with van der Waals surface area (Å²) in [7, 11) is 0. The van der Waals surface area contributed by atoms with Crippen molar-refractivity contribution in [2.45, 2.75) is 12.8 Å². The third-order valence-electron chi connectivity index (χ3n) is 2.61. The van der Waals surface area contributed by atoms with Gasteiger partial charge >= 0.3 is 5.97 Å². The van der Waals surface area contributed by atoms with Crippen molar-refractivity contribution in [2.24, 2.45) is 0 Å². The minimum absolute atomic E-state index is 0.0306. The lowest BCUT2D eigenvalue weighted by Gasteiger charge is -2.18. The van der Waals surface area contributed by atoms with Gasteiger partial charge in [-0.05, 0) is 34.7 Å². The van der Waals surface area contributed by atoms with Crippen molar-refractivity contribution in [3.63, 3.8) is 0 Å². The smallest absolute Gasteiger partial charge is 0.337 e. The summed E-state index contributed by atoms with van der Waals surface area (Å²) in [5, 5.41) is 19.0. The van der Waals surface area contributed by atoms with E-state index in [9.17, 15) is 19.5 Å². The molecular formula is C11H8INO5. The summed E-state index contributed by atoms with van der Waals surface area (Å²) >= 11 is 1.80. The molecule has 1 saturated heterocycles. The first kappa shape index (κ1) is 12.8. The van der Waals surface area contributed by atoms with E-state index in [2.05, 4.69) is 0 Å². The summed E-state index contributed by atoms with van der Waals surface area (Å²) in [6.07, 6.45) is 0.0611. The van der Waals surface area contributed by atoms with Crippen molar-refractivity contribution in [3.05, 3.63) is 21.3 Å². The summed E-state index contributed by atoms with van der Waals surface area (Å²) < 4.78 is 0.375. The third kappa shape index (κ3) is 1.94. The summed E-state index contributed by atoms with van der Waals surface area (Å²) in [4.78, 5) is 35.1. The molecule has 0 bridgehead atoms. The monoisotopic (exact) mass is 361 g/mol. The average molecular weight is 361 g/mol. The lowest BCUT2D eigenvalue weighted by atomic mass is 10.1. The quantitative estimate of drug-likeness (QED) is 0.613. The van der Waals surface area contributed by atoms with Gasteiger partial charge in [-0.2, -0.15) is 0 Å². The molecule has 1 fully saturated rings. The zero-order valence-corrected chi connectivity index (χ0v) is 11.2. The van der Waals surface area contributed by atoms with Crippen molar-refractivity contribution in [1.82, 2.24) is 0 Å². The van der Waals surface area contributed by atoms with Gasteiger partial charge in [-0.15, -0.1) is 0 Å². The molecule has 1 aliphatic rings. The maximum atomic E-state index is 11.6. The zero-order valence-electron chi connectivity index (χ0n) is 9.01. The topological polar surface area (TPSA) is 94.9 Å². The maximum absolute atomic E-state index is 11.6. The Morgan fingerprint density at radius 3 is 2.28 bits per heavy atom. The molecule has 0 atom stereocenters. The highest BCUT2D eigenvalue weighted by atomic mass is 127. The molecule has 1 aromatic rings. The van der Waals surface area contributed by atoms with Gasteiger partial charge in [0.2, 0.25) is 11.8 Å². The number of nitrogens with zero attached hydrogens (tertiary/aromatic N) is 1. The van der Waals surface area contributed by atoms with Crippen molar-refractivity contribution in [1.29, 1.82) is 0 Å². The summed E-state index contributed by atoms with van der Waals surface area (Å²) in [5.41, 5.74) is -0.501. The number of hydrogen-bond acceptors (Lipinski definition) is 4. The van der Waals surface area contributed by atoms with Crippen LogP contribution in [0.1, 0.15) is 23.2 Å². The number of rotatable bonds is 2. The maximum Gasteiger partial charge on any atom is 0.337 e. The van der Waals surface area contributed by atoms with Crippen LogP contribution in [0.5, 0.6) is 5.75 Å². The van der Waals surface area contributed by atoms with Gasteiger partial charge in [-0.1, -0.05) is 0 Å². The highest BCUT2D eigenvalue weighted by Crippen LogP contribution is 2.38. The molecule has 94 valence electrons. The SMILES string of the molecule is O=C(O)c1ccc(I)c(O)c1N1C(=O)CCC1=O. The molecule has 1 heterocycles. The molecule has 18 heavy (non-hydrogen) atoms. The Hall–Kier alpha value is -1.64. The number of halogens is 1. The van der Waals surface area contributed by atoms with Crippen LogP contribution in [0.3, 0.4) is 0 Å². The largest absolute Gasteiger partial charge is 0.505 e. The molecule has 1 aliphatic heterocycles. The van der Waals surface area contributed by atoms with Crippen molar-refractivity contribution in [3.8, 4) is 5.75 Å². The van der Waals surface area contributed by atoms with Crippen LogP contribution in [0, 0.1) is 3.57 Å². The van der Waals surface area contributed by atoms with E-state index in [-0.39, 0.29) is 29.8 Å². The number of anilines is 1. The van der Waals surface area contributed by atoms with Crippen LogP contribution >= 0.6 is 22.6 Å². The number of benzene rings is 1.